The van der Waals surface area contributed by atoms with Crippen LogP contribution in [0.25, 0.3) is 16.8 Å². The summed E-state index contributed by atoms with van der Waals surface area (Å²) in [6.45, 7) is 5.53. The van der Waals surface area contributed by atoms with Crippen LogP contribution >= 0.6 is 23.2 Å². The number of rotatable bonds is 5. The molecule has 0 atom stereocenters. The molecule has 0 radical (unpaired) electrons. The van der Waals surface area contributed by atoms with Gasteiger partial charge in [0.25, 0.3) is 0 Å². The predicted octanol–water partition coefficient (Wildman–Crippen LogP) is 5.22. The molecule has 0 amide bonds. The largest absolute Gasteiger partial charge is 0.456 e. The highest BCUT2D eigenvalue weighted by molar-refractivity contribution is 6.33. The van der Waals surface area contributed by atoms with Crippen LogP contribution in [-0.4, -0.2) is 20.7 Å². The standard InChI is InChI=1S/C23H19Cl2N3O4/c1-4-14-8-19-16(10-18(14)25)15(9-21(29)32-19)11-31-23(30)22-17(24)5-6-20(26-22)28-13(3)7-12(2)27-28/h5-10H,4,11H2,1-3H3. The topological polar surface area (TPSA) is 87.2 Å². The fourth-order valence-corrected chi connectivity index (χ4v) is 3.92. The van der Waals surface area contributed by atoms with Gasteiger partial charge in [-0.05, 0) is 56.2 Å². The van der Waals surface area contributed by atoms with Gasteiger partial charge in [0, 0.05) is 27.7 Å². The quantitative estimate of drug-likeness (QED) is 0.293. The van der Waals surface area contributed by atoms with Crippen LogP contribution in [0, 0.1) is 13.8 Å². The first-order valence-electron chi connectivity index (χ1n) is 9.89. The van der Waals surface area contributed by atoms with Gasteiger partial charge in [0.05, 0.1) is 10.7 Å². The van der Waals surface area contributed by atoms with E-state index in [-0.39, 0.29) is 17.3 Å². The first-order chi connectivity index (χ1) is 15.3. The molecule has 0 aliphatic heterocycles. The molecule has 3 heterocycles. The van der Waals surface area contributed by atoms with Crippen LogP contribution in [0.5, 0.6) is 0 Å². The maximum absolute atomic E-state index is 12.8. The van der Waals surface area contributed by atoms with E-state index >= 15 is 0 Å². The van der Waals surface area contributed by atoms with Gasteiger partial charge in [-0.2, -0.15) is 5.10 Å². The summed E-state index contributed by atoms with van der Waals surface area (Å²) in [5.74, 6) is -0.285. The van der Waals surface area contributed by atoms with Crippen molar-refractivity contribution in [2.45, 2.75) is 33.8 Å². The Bertz CT molecular complexity index is 1410. The molecule has 0 saturated carbocycles. The molecule has 0 fully saturated rings. The molecule has 0 N–H and O–H groups in total. The number of carbonyl (C=O) groups is 1. The summed E-state index contributed by atoms with van der Waals surface area (Å²) in [4.78, 5) is 29.1. The first-order valence-corrected chi connectivity index (χ1v) is 10.6. The number of halogens is 2. The molecule has 0 aliphatic carbocycles. The fourth-order valence-electron chi connectivity index (χ4n) is 3.44. The average Bonchev–Trinajstić information content (AvgIpc) is 3.10. The smallest absolute Gasteiger partial charge is 0.358 e. The molecule has 0 aliphatic rings. The molecule has 0 saturated heterocycles. The summed E-state index contributed by atoms with van der Waals surface area (Å²) in [6, 6.07) is 9.84. The number of pyridine rings is 1. The van der Waals surface area contributed by atoms with Crippen LogP contribution in [0.4, 0.5) is 0 Å². The minimum atomic E-state index is -0.726. The van der Waals surface area contributed by atoms with Gasteiger partial charge in [0.15, 0.2) is 11.5 Å². The number of benzene rings is 1. The number of carbonyl (C=O) groups excluding carboxylic acids is 1. The Morgan fingerprint density at radius 2 is 1.88 bits per heavy atom. The van der Waals surface area contributed by atoms with Crippen LogP contribution in [-0.2, 0) is 17.8 Å². The lowest BCUT2D eigenvalue weighted by molar-refractivity contribution is 0.0467. The Morgan fingerprint density at radius 3 is 2.56 bits per heavy atom. The van der Waals surface area contributed by atoms with Crippen molar-refractivity contribution in [1.29, 1.82) is 0 Å². The molecule has 1 aromatic carbocycles. The minimum Gasteiger partial charge on any atom is -0.456 e. The fraction of sp³-hybridized carbons (Fsp3) is 0.217. The highest BCUT2D eigenvalue weighted by Crippen LogP contribution is 2.27. The van der Waals surface area contributed by atoms with E-state index < -0.39 is 11.6 Å². The maximum Gasteiger partial charge on any atom is 0.358 e. The number of ether oxygens (including phenoxy) is 1. The summed E-state index contributed by atoms with van der Waals surface area (Å²) in [5.41, 5.74) is 2.80. The molecule has 164 valence electrons. The SMILES string of the molecule is CCc1cc2oc(=O)cc(COC(=O)c3nc(-n4nc(C)cc4C)ccc3Cl)c2cc1Cl. The molecule has 0 bridgehead atoms. The minimum absolute atomic E-state index is 0.0460. The van der Waals surface area contributed by atoms with Gasteiger partial charge in [0.1, 0.15) is 12.2 Å². The Balaban J connectivity index is 1.64. The van der Waals surface area contributed by atoms with Crippen LogP contribution in [0.1, 0.15) is 39.9 Å². The summed E-state index contributed by atoms with van der Waals surface area (Å²) in [7, 11) is 0. The maximum atomic E-state index is 12.8. The number of hydrogen-bond acceptors (Lipinski definition) is 6. The van der Waals surface area contributed by atoms with E-state index in [4.69, 9.17) is 32.4 Å². The second-order valence-corrected chi connectivity index (χ2v) is 8.11. The number of nitrogens with zero attached hydrogens (tertiary/aromatic N) is 3. The van der Waals surface area contributed by atoms with Crippen LogP contribution < -0.4 is 5.63 Å². The van der Waals surface area contributed by atoms with Crippen molar-refractivity contribution in [2.75, 3.05) is 0 Å². The van der Waals surface area contributed by atoms with Crippen molar-refractivity contribution < 1.29 is 13.9 Å². The van der Waals surface area contributed by atoms with Crippen molar-refractivity contribution in [3.8, 4) is 5.82 Å². The van der Waals surface area contributed by atoms with E-state index in [1.807, 2.05) is 26.8 Å². The van der Waals surface area contributed by atoms with E-state index in [0.717, 1.165) is 17.0 Å². The van der Waals surface area contributed by atoms with Crippen molar-refractivity contribution in [3.63, 3.8) is 0 Å². The van der Waals surface area contributed by atoms with Crippen molar-refractivity contribution in [1.82, 2.24) is 14.8 Å². The Hall–Kier alpha value is -3.16. The third kappa shape index (κ3) is 4.26. The summed E-state index contributed by atoms with van der Waals surface area (Å²) in [5, 5.41) is 5.66. The molecule has 9 heteroatoms. The Labute approximate surface area is 193 Å². The van der Waals surface area contributed by atoms with Gasteiger partial charge in [-0.25, -0.2) is 19.3 Å². The van der Waals surface area contributed by atoms with Gasteiger partial charge in [-0.1, -0.05) is 30.1 Å². The number of aromatic nitrogens is 3. The van der Waals surface area contributed by atoms with E-state index in [0.29, 0.717) is 33.8 Å². The van der Waals surface area contributed by atoms with Crippen molar-refractivity contribution in [2.24, 2.45) is 0 Å². The Kier molecular flexibility index (Phi) is 6.04. The van der Waals surface area contributed by atoms with Crippen LogP contribution in [0.15, 0.2) is 45.6 Å². The van der Waals surface area contributed by atoms with Crippen LogP contribution in [0.3, 0.4) is 0 Å². The monoisotopic (exact) mass is 471 g/mol. The predicted molar refractivity (Wildman–Crippen MR) is 122 cm³/mol. The third-order valence-corrected chi connectivity index (χ3v) is 5.64. The number of hydrogen-bond donors (Lipinski definition) is 0. The molecule has 4 aromatic rings. The molecule has 3 aromatic heterocycles. The molecular formula is C23H19Cl2N3O4. The molecule has 7 nitrogen and oxygen atoms in total. The lowest BCUT2D eigenvalue weighted by Gasteiger charge is -2.10. The summed E-state index contributed by atoms with van der Waals surface area (Å²) < 4.78 is 12.3. The van der Waals surface area contributed by atoms with Crippen molar-refractivity contribution in [3.05, 3.63) is 85.1 Å². The zero-order valence-electron chi connectivity index (χ0n) is 17.6. The lowest BCUT2D eigenvalue weighted by Crippen LogP contribution is -2.12. The number of fused-ring (bicyclic) bond motifs is 1. The lowest BCUT2D eigenvalue weighted by atomic mass is 10.1. The van der Waals surface area contributed by atoms with Gasteiger partial charge in [0.2, 0.25) is 0 Å². The van der Waals surface area contributed by atoms with Crippen LogP contribution in [0.2, 0.25) is 10.0 Å². The normalized spacial score (nSPS) is 11.2. The zero-order chi connectivity index (χ0) is 23.0. The molecule has 0 unspecified atom stereocenters. The van der Waals surface area contributed by atoms with E-state index in [2.05, 4.69) is 10.1 Å². The molecule has 0 spiro atoms. The summed E-state index contributed by atoms with van der Waals surface area (Å²) in [6.07, 6.45) is 0.688. The third-order valence-electron chi connectivity index (χ3n) is 4.99. The molecular weight excluding hydrogens is 453 g/mol. The molecule has 32 heavy (non-hydrogen) atoms. The van der Waals surface area contributed by atoms with Gasteiger partial charge >= 0.3 is 11.6 Å². The van der Waals surface area contributed by atoms with E-state index in [9.17, 15) is 9.59 Å². The van der Waals surface area contributed by atoms with Gasteiger partial charge in [-0.3, -0.25) is 0 Å². The van der Waals surface area contributed by atoms with Gasteiger partial charge < -0.3 is 9.15 Å². The number of aryl methyl sites for hydroxylation is 3. The van der Waals surface area contributed by atoms with E-state index in [1.54, 1.807) is 28.9 Å². The number of esters is 1. The van der Waals surface area contributed by atoms with Crippen molar-refractivity contribution >= 4 is 40.1 Å². The Morgan fingerprint density at radius 1 is 1.09 bits per heavy atom. The second-order valence-electron chi connectivity index (χ2n) is 7.30. The zero-order valence-corrected chi connectivity index (χ0v) is 19.1. The highest BCUT2D eigenvalue weighted by atomic mass is 35.5. The average molecular weight is 472 g/mol. The van der Waals surface area contributed by atoms with E-state index in [1.165, 1.54) is 6.07 Å². The highest BCUT2D eigenvalue weighted by Gasteiger charge is 2.18. The first kappa shape index (κ1) is 22.0. The summed E-state index contributed by atoms with van der Waals surface area (Å²) >= 11 is 12.5. The molecule has 4 rings (SSSR count). The van der Waals surface area contributed by atoms with Gasteiger partial charge in [-0.15, -0.1) is 0 Å². The second kappa shape index (κ2) is 8.76.